The van der Waals surface area contributed by atoms with Crippen molar-refractivity contribution in [2.75, 3.05) is 7.11 Å². The maximum atomic E-state index is 12.8. The van der Waals surface area contributed by atoms with Gasteiger partial charge in [-0.15, -0.1) is 0 Å². The molecular formula is C21H22N2O2S. The Kier molecular flexibility index (Phi) is 5.78. The highest BCUT2D eigenvalue weighted by atomic mass is 32.2. The van der Waals surface area contributed by atoms with Crippen LogP contribution < -0.4 is 10.3 Å². The Morgan fingerprint density at radius 2 is 1.73 bits per heavy atom. The third-order valence-electron chi connectivity index (χ3n) is 4.30. The summed E-state index contributed by atoms with van der Waals surface area (Å²) >= 11 is 1.57. The van der Waals surface area contributed by atoms with Crippen molar-refractivity contribution in [3.63, 3.8) is 0 Å². The van der Waals surface area contributed by atoms with Gasteiger partial charge in [-0.3, -0.25) is 9.36 Å². The number of aryl methyl sites for hydroxylation is 1. The largest absolute Gasteiger partial charge is 0.497 e. The van der Waals surface area contributed by atoms with E-state index in [1.807, 2.05) is 61.5 Å². The van der Waals surface area contributed by atoms with Crippen molar-refractivity contribution < 1.29 is 4.74 Å². The fourth-order valence-corrected chi connectivity index (χ4v) is 3.70. The Balaban J connectivity index is 1.79. The molecule has 3 aromatic rings. The van der Waals surface area contributed by atoms with Gasteiger partial charge in [0.1, 0.15) is 5.75 Å². The van der Waals surface area contributed by atoms with E-state index >= 15 is 0 Å². The lowest BCUT2D eigenvalue weighted by atomic mass is 10.1. The van der Waals surface area contributed by atoms with Gasteiger partial charge in [0.2, 0.25) is 0 Å². The molecule has 0 radical (unpaired) electrons. The maximum Gasteiger partial charge on any atom is 0.257 e. The summed E-state index contributed by atoms with van der Waals surface area (Å²) in [6.07, 6.45) is 0.607. The van der Waals surface area contributed by atoms with Crippen LogP contribution in [0.1, 0.15) is 22.4 Å². The Morgan fingerprint density at radius 3 is 2.38 bits per heavy atom. The van der Waals surface area contributed by atoms with Crippen molar-refractivity contribution in [3.05, 3.63) is 87.3 Å². The number of hydrogen-bond acceptors (Lipinski definition) is 4. The summed E-state index contributed by atoms with van der Waals surface area (Å²) in [5.41, 5.74) is 3.87. The lowest BCUT2D eigenvalue weighted by molar-refractivity contribution is 0.414. The summed E-state index contributed by atoms with van der Waals surface area (Å²) in [5, 5.41) is 0.736. The number of methoxy groups -OCH3 is 1. The van der Waals surface area contributed by atoms with E-state index in [0.29, 0.717) is 6.42 Å². The maximum absolute atomic E-state index is 12.8. The second kappa shape index (κ2) is 8.23. The normalized spacial score (nSPS) is 10.7. The van der Waals surface area contributed by atoms with Crippen LogP contribution in [0.2, 0.25) is 0 Å². The lowest BCUT2D eigenvalue weighted by Crippen LogP contribution is -2.25. The summed E-state index contributed by atoms with van der Waals surface area (Å²) in [7, 11) is 3.45. The molecule has 1 aromatic heterocycles. The molecule has 0 saturated heterocycles. The third kappa shape index (κ3) is 4.17. The molecule has 26 heavy (non-hydrogen) atoms. The van der Waals surface area contributed by atoms with Crippen molar-refractivity contribution in [2.24, 2.45) is 7.05 Å². The summed E-state index contributed by atoms with van der Waals surface area (Å²) < 4.78 is 6.83. The number of hydrogen-bond donors (Lipinski definition) is 0. The molecule has 0 aliphatic heterocycles. The molecule has 0 fully saturated rings. The monoisotopic (exact) mass is 366 g/mol. The van der Waals surface area contributed by atoms with Crippen LogP contribution in [-0.2, 0) is 19.2 Å². The first-order valence-corrected chi connectivity index (χ1v) is 9.43. The topological polar surface area (TPSA) is 44.1 Å². The minimum absolute atomic E-state index is 0.0265. The van der Waals surface area contributed by atoms with E-state index in [-0.39, 0.29) is 5.56 Å². The van der Waals surface area contributed by atoms with Crippen LogP contribution in [0, 0.1) is 6.92 Å². The average Bonchev–Trinajstić information content (AvgIpc) is 2.68. The molecule has 0 saturated carbocycles. The quantitative estimate of drug-likeness (QED) is 0.489. The Morgan fingerprint density at radius 1 is 1.04 bits per heavy atom. The third-order valence-corrected chi connectivity index (χ3v) is 5.40. The van der Waals surface area contributed by atoms with Gasteiger partial charge in [-0.25, -0.2) is 4.98 Å². The first-order chi connectivity index (χ1) is 12.6. The molecule has 0 amide bonds. The van der Waals surface area contributed by atoms with E-state index in [1.54, 1.807) is 30.5 Å². The molecule has 0 bridgehead atoms. The molecule has 1 heterocycles. The molecule has 2 aromatic carbocycles. The van der Waals surface area contributed by atoms with Gasteiger partial charge in [-0.1, -0.05) is 54.2 Å². The van der Waals surface area contributed by atoms with Gasteiger partial charge in [0.25, 0.3) is 5.56 Å². The molecule has 0 aliphatic carbocycles. The van der Waals surface area contributed by atoms with Crippen LogP contribution in [0.25, 0.3) is 0 Å². The highest BCUT2D eigenvalue weighted by Crippen LogP contribution is 2.22. The summed E-state index contributed by atoms with van der Waals surface area (Å²) in [4.78, 5) is 17.5. The zero-order chi connectivity index (χ0) is 18.5. The van der Waals surface area contributed by atoms with Crippen molar-refractivity contribution in [1.82, 2.24) is 9.55 Å². The average molecular weight is 366 g/mol. The number of thioether (sulfide) groups is 1. The van der Waals surface area contributed by atoms with Crippen molar-refractivity contribution >= 4 is 11.8 Å². The van der Waals surface area contributed by atoms with Crippen LogP contribution in [0.15, 0.2) is 64.5 Å². The molecule has 4 nitrogen and oxygen atoms in total. The van der Waals surface area contributed by atoms with Crippen LogP contribution >= 0.6 is 11.8 Å². The second-order valence-electron chi connectivity index (χ2n) is 6.12. The Labute approximate surface area is 157 Å². The standard InChI is InChI=1S/C21H22N2O2S/c1-15-19(13-16-7-5-4-6-8-16)20(24)23(2)21(22-15)26-14-17-9-11-18(25-3)12-10-17/h4-12H,13-14H2,1-3H3. The fourth-order valence-electron chi connectivity index (χ4n) is 2.73. The van der Waals surface area contributed by atoms with Crippen molar-refractivity contribution in [1.29, 1.82) is 0 Å². The molecule has 0 spiro atoms. The van der Waals surface area contributed by atoms with E-state index in [9.17, 15) is 4.79 Å². The van der Waals surface area contributed by atoms with Crippen LogP contribution in [0.4, 0.5) is 0 Å². The molecule has 3 rings (SSSR count). The predicted octanol–water partition coefficient (Wildman–Crippen LogP) is 3.98. The molecular weight excluding hydrogens is 344 g/mol. The Hall–Kier alpha value is -2.53. The highest BCUT2D eigenvalue weighted by molar-refractivity contribution is 7.98. The minimum Gasteiger partial charge on any atom is -0.497 e. The molecule has 134 valence electrons. The molecule has 5 heteroatoms. The van der Waals surface area contributed by atoms with Gasteiger partial charge in [0.15, 0.2) is 5.16 Å². The molecule has 0 N–H and O–H groups in total. The molecule has 0 atom stereocenters. The van der Waals surface area contributed by atoms with Crippen molar-refractivity contribution in [3.8, 4) is 5.75 Å². The highest BCUT2D eigenvalue weighted by Gasteiger charge is 2.13. The van der Waals surface area contributed by atoms with E-state index in [0.717, 1.165) is 39.0 Å². The van der Waals surface area contributed by atoms with Crippen LogP contribution in [-0.4, -0.2) is 16.7 Å². The summed E-state index contributed by atoms with van der Waals surface area (Å²) in [5.74, 6) is 1.59. The van der Waals surface area contributed by atoms with E-state index in [4.69, 9.17) is 4.74 Å². The van der Waals surface area contributed by atoms with Gasteiger partial charge in [0, 0.05) is 30.5 Å². The Bertz CT molecular complexity index is 935. The number of benzene rings is 2. The fraction of sp³-hybridized carbons (Fsp3) is 0.238. The van der Waals surface area contributed by atoms with Gasteiger partial charge in [-0.05, 0) is 30.2 Å². The number of rotatable bonds is 6. The van der Waals surface area contributed by atoms with E-state index < -0.39 is 0 Å². The smallest absolute Gasteiger partial charge is 0.257 e. The van der Waals surface area contributed by atoms with Gasteiger partial charge < -0.3 is 4.74 Å². The van der Waals surface area contributed by atoms with Crippen molar-refractivity contribution in [2.45, 2.75) is 24.3 Å². The van der Waals surface area contributed by atoms with Gasteiger partial charge in [-0.2, -0.15) is 0 Å². The lowest BCUT2D eigenvalue weighted by Gasteiger charge is -2.12. The first-order valence-electron chi connectivity index (χ1n) is 8.44. The van der Waals surface area contributed by atoms with Gasteiger partial charge in [0.05, 0.1) is 7.11 Å². The minimum atomic E-state index is 0.0265. The first kappa shape index (κ1) is 18.3. The zero-order valence-corrected chi connectivity index (χ0v) is 16.0. The number of nitrogens with zero attached hydrogens (tertiary/aromatic N) is 2. The van der Waals surface area contributed by atoms with Crippen LogP contribution in [0.3, 0.4) is 0 Å². The number of ether oxygens (including phenoxy) is 1. The number of aromatic nitrogens is 2. The predicted molar refractivity (Wildman–Crippen MR) is 106 cm³/mol. The molecule has 0 aliphatic rings. The van der Waals surface area contributed by atoms with Gasteiger partial charge >= 0.3 is 0 Å². The van der Waals surface area contributed by atoms with E-state index in [1.165, 1.54) is 0 Å². The zero-order valence-electron chi connectivity index (χ0n) is 15.2. The summed E-state index contributed by atoms with van der Waals surface area (Å²) in [6, 6.07) is 18.0. The SMILES string of the molecule is COc1ccc(CSc2nc(C)c(Cc3ccccc3)c(=O)n2C)cc1. The second-order valence-corrected chi connectivity index (χ2v) is 7.06. The van der Waals surface area contributed by atoms with Crippen LogP contribution in [0.5, 0.6) is 5.75 Å². The van der Waals surface area contributed by atoms with E-state index in [2.05, 4.69) is 4.98 Å². The summed E-state index contributed by atoms with van der Waals surface area (Å²) in [6.45, 7) is 1.91. The molecule has 0 unspecified atom stereocenters.